The molecule has 0 bridgehead atoms. The summed E-state index contributed by atoms with van der Waals surface area (Å²) in [5.74, 6) is 0.242. The number of anilines is 1. The van der Waals surface area contributed by atoms with E-state index in [2.05, 4.69) is 46.5 Å². The smallest absolute Gasteiger partial charge is 0.224 e. The van der Waals surface area contributed by atoms with E-state index in [0.29, 0.717) is 12.1 Å². The van der Waals surface area contributed by atoms with Crippen LogP contribution in [0.2, 0.25) is 0 Å². The molecule has 10 heteroatoms. The van der Waals surface area contributed by atoms with Crippen LogP contribution in [0.3, 0.4) is 0 Å². The van der Waals surface area contributed by atoms with Crippen LogP contribution in [0.5, 0.6) is 0 Å². The molecular formula is C27H25N9O. The van der Waals surface area contributed by atoms with E-state index in [1.54, 1.807) is 31.1 Å². The monoisotopic (exact) mass is 491 g/mol. The molecule has 0 radical (unpaired) electrons. The molecule has 10 nitrogen and oxygen atoms in total. The van der Waals surface area contributed by atoms with Gasteiger partial charge in [0.25, 0.3) is 0 Å². The normalized spacial score (nSPS) is 11.6. The number of nitrogens with zero attached hydrogens (tertiary/aromatic N) is 6. The molecule has 6 aromatic heterocycles. The summed E-state index contributed by atoms with van der Waals surface area (Å²) < 4.78 is 1.99. The molecule has 3 N–H and O–H groups in total. The lowest BCUT2D eigenvalue weighted by Crippen LogP contribution is -2.13. The van der Waals surface area contributed by atoms with Crippen molar-refractivity contribution in [3.8, 4) is 28.3 Å². The quantitative estimate of drug-likeness (QED) is 0.299. The minimum absolute atomic E-state index is 0.0351. The van der Waals surface area contributed by atoms with Crippen LogP contribution in [0, 0.1) is 12.8 Å². The summed E-state index contributed by atoms with van der Waals surface area (Å²) in [4.78, 5) is 33.4. The van der Waals surface area contributed by atoms with Crippen LogP contribution in [0.15, 0.2) is 61.6 Å². The zero-order valence-corrected chi connectivity index (χ0v) is 20.6. The van der Waals surface area contributed by atoms with Crippen molar-refractivity contribution in [2.24, 2.45) is 5.92 Å². The fourth-order valence-corrected chi connectivity index (χ4v) is 4.43. The van der Waals surface area contributed by atoms with Gasteiger partial charge < -0.3 is 14.9 Å². The Kier molecular flexibility index (Phi) is 5.48. The number of pyridine rings is 3. The van der Waals surface area contributed by atoms with Crippen molar-refractivity contribution in [3.63, 3.8) is 0 Å². The number of hydrogen-bond acceptors (Lipinski definition) is 6. The lowest BCUT2D eigenvalue weighted by Gasteiger charge is -2.08. The fraction of sp³-hybridized carbons (Fsp3) is 0.185. The zero-order valence-electron chi connectivity index (χ0n) is 20.6. The van der Waals surface area contributed by atoms with Gasteiger partial charge in [-0.3, -0.25) is 19.9 Å². The van der Waals surface area contributed by atoms with Crippen LogP contribution in [-0.4, -0.2) is 45.6 Å². The summed E-state index contributed by atoms with van der Waals surface area (Å²) in [7, 11) is 0. The van der Waals surface area contributed by atoms with Crippen LogP contribution in [0.25, 0.3) is 50.3 Å². The van der Waals surface area contributed by atoms with Crippen molar-refractivity contribution in [1.29, 1.82) is 0 Å². The molecule has 1 amide bonds. The molecule has 6 aromatic rings. The van der Waals surface area contributed by atoms with Gasteiger partial charge in [0.1, 0.15) is 11.3 Å². The minimum atomic E-state index is -0.0351. The van der Waals surface area contributed by atoms with Crippen molar-refractivity contribution in [2.45, 2.75) is 27.2 Å². The average Bonchev–Trinajstić information content (AvgIpc) is 3.60. The molecule has 0 saturated heterocycles. The summed E-state index contributed by atoms with van der Waals surface area (Å²) in [6.07, 6.45) is 11.1. The molecule has 0 unspecified atom stereocenters. The Morgan fingerprint density at radius 3 is 2.78 bits per heavy atom. The maximum Gasteiger partial charge on any atom is 0.224 e. The SMILES string of the molecule is Cc1cn(-c2ccnc3[nH]c(-c4n[nH]c5cnc(-c6cncc(NC(=O)CC(C)C)c6)cc45)cc23)cn1. The first kappa shape index (κ1) is 22.6. The number of carbonyl (C=O) groups excluding carboxylic acids is 1. The summed E-state index contributed by atoms with van der Waals surface area (Å²) in [6.45, 7) is 5.99. The number of aromatic amines is 2. The number of carbonyl (C=O) groups is 1. The van der Waals surface area contributed by atoms with Gasteiger partial charge in [0.2, 0.25) is 5.91 Å². The van der Waals surface area contributed by atoms with E-state index in [1.165, 1.54) is 0 Å². The van der Waals surface area contributed by atoms with Gasteiger partial charge in [-0.1, -0.05) is 13.8 Å². The summed E-state index contributed by atoms with van der Waals surface area (Å²) in [5, 5.41) is 12.4. The number of hydrogen-bond donors (Lipinski definition) is 3. The van der Waals surface area contributed by atoms with Crippen molar-refractivity contribution in [1.82, 2.24) is 39.7 Å². The van der Waals surface area contributed by atoms with E-state index < -0.39 is 0 Å². The second-order valence-electron chi connectivity index (χ2n) is 9.49. The molecule has 0 atom stereocenters. The average molecular weight is 492 g/mol. The van der Waals surface area contributed by atoms with E-state index in [4.69, 9.17) is 0 Å². The molecule has 0 aliphatic carbocycles. The van der Waals surface area contributed by atoms with Gasteiger partial charge >= 0.3 is 0 Å². The largest absolute Gasteiger partial charge is 0.338 e. The second kappa shape index (κ2) is 8.98. The van der Waals surface area contributed by atoms with E-state index in [1.807, 2.05) is 49.7 Å². The Morgan fingerprint density at radius 1 is 1.08 bits per heavy atom. The molecular weight excluding hydrogens is 466 g/mol. The Hall–Kier alpha value is -4.86. The number of aryl methyl sites for hydroxylation is 1. The lowest BCUT2D eigenvalue weighted by molar-refractivity contribution is -0.116. The molecule has 6 heterocycles. The van der Waals surface area contributed by atoms with E-state index in [-0.39, 0.29) is 11.8 Å². The van der Waals surface area contributed by atoms with Gasteiger partial charge in [0, 0.05) is 41.3 Å². The van der Waals surface area contributed by atoms with Crippen LogP contribution in [0.1, 0.15) is 26.0 Å². The molecule has 0 fully saturated rings. The fourth-order valence-electron chi connectivity index (χ4n) is 4.43. The van der Waals surface area contributed by atoms with Crippen LogP contribution >= 0.6 is 0 Å². The number of amides is 1. The maximum absolute atomic E-state index is 12.2. The number of nitrogens with one attached hydrogen (secondary N) is 3. The van der Waals surface area contributed by atoms with Crippen LogP contribution in [-0.2, 0) is 4.79 Å². The van der Waals surface area contributed by atoms with Gasteiger partial charge in [-0.05, 0) is 37.1 Å². The summed E-state index contributed by atoms with van der Waals surface area (Å²) >= 11 is 0. The van der Waals surface area contributed by atoms with E-state index in [0.717, 1.165) is 56.0 Å². The van der Waals surface area contributed by atoms with Crippen molar-refractivity contribution in [2.75, 3.05) is 5.32 Å². The third kappa shape index (κ3) is 4.33. The Morgan fingerprint density at radius 2 is 1.97 bits per heavy atom. The van der Waals surface area contributed by atoms with Gasteiger partial charge in [-0.2, -0.15) is 5.10 Å². The van der Waals surface area contributed by atoms with Gasteiger partial charge in [0.15, 0.2) is 0 Å². The standard InChI is InChI=1S/C27H25N9O/c1-15(2)6-25(37)32-18-7-17(10-28-11-18)21-8-19-23(12-30-21)34-35-26(19)22-9-20-24(4-5-29-27(20)33-22)36-13-16(3)31-14-36/h4-5,7-15H,6H2,1-3H3,(H,29,33)(H,32,37)(H,34,35). The third-order valence-electron chi connectivity index (χ3n) is 6.11. The highest BCUT2D eigenvalue weighted by Crippen LogP contribution is 2.32. The first-order valence-corrected chi connectivity index (χ1v) is 12.0. The van der Waals surface area contributed by atoms with E-state index >= 15 is 0 Å². The molecule has 6 rings (SSSR count). The number of imidazole rings is 1. The Bertz CT molecular complexity index is 1760. The Labute approximate surface area is 212 Å². The number of aromatic nitrogens is 8. The van der Waals surface area contributed by atoms with Gasteiger partial charge in [-0.15, -0.1) is 0 Å². The maximum atomic E-state index is 12.2. The third-order valence-corrected chi connectivity index (χ3v) is 6.11. The summed E-state index contributed by atoms with van der Waals surface area (Å²) in [5.41, 5.74) is 7.26. The number of H-pyrrole nitrogens is 2. The minimum Gasteiger partial charge on any atom is -0.338 e. The van der Waals surface area contributed by atoms with Crippen molar-refractivity contribution in [3.05, 3.63) is 67.3 Å². The predicted octanol–water partition coefficient (Wildman–Crippen LogP) is 5.04. The predicted molar refractivity (Wildman–Crippen MR) is 142 cm³/mol. The van der Waals surface area contributed by atoms with Gasteiger partial charge in [-0.25, -0.2) is 9.97 Å². The lowest BCUT2D eigenvalue weighted by atomic mass is 10.1. The first-order valence-electron chi connectivity index (χ1n) is 12.0. The van der Waals surface area contributed by atoms with Crippen LogP contribution in [0.4, 0.5) is 5.69 Å². The highest BCUT2D eigenvalue weighted by atomic mass is 16.1. The highest BCUT2D eigenvalue weighted by molar-refractivity contribution is 5.98. The molecule has 184 valence electrons. The molecule has 0 aliphatic heterocycles. The number of fused-ring (bicyclic) bond motifs is 2. The number of rotatable bonds is 6. The van der Waals surface area contributed by atoms with Gasteiger partial charge in [0.05, 0.1) is 52.7 Å². The molecule has 37 heavy (non-hydrogen) atoms. The highest BCUT2D eigenvalue weighted by Gasteiger charge is 2.16. The topological polar surface area (TPSA) is 130 Å². The van der Waals surface area contributed by atoms with E-state index in [9.17, 15) is 4.79 Å². The van der Waals surface area contributed by atoms with Crippen molar-refractivity contribution >= 4 is 33.5 Å². The zero-order chi connectivity index (χ0) is 25.5. The Balaban J connectivity index is 1.38. The molecule has 0 saturated carbocycles. The van der Waals surface area contributed by atoms with Crippen molar-refractivity contribution < 1.29 is 4.79 Å². The first-order chi connectivity index (χ1) is 17.9. The molecule has 0 aromatic carbocycles. The second-order valence-corrected chi connectivity index (χ2v) is 9.49. The molecule has 0 spiro atoms. The summed E-state index contributed by atoms with van der Waals surface area (Å²) in [6, 6.07) is 7.87. The molecule has 0 aliphatic rings. The van der Waals surface area contributed by atoms with Crippen LogP contribution < -0.4 is 5.32 Å².